The van der Waals surface area contributed by atoms with Crippen LogP contribution in [0, 0.1) is 0 Å². The Morgan fingerprint density at radius 3 is 2.16 bits per heavy atom. The van der Waals surface area contributed by atoms with Gasteiger partial charge in [0.2, 0.25) is 0 Å². The summed E-state index contributed by atoms with van der Waals surface area (Å²) in [6, 6.07) is 15.1. The van der Waals surface area contributed by atoms with Crippen molar-refractivity contribution in [3.8, 4) is 0 Å². The van der Waals surface area contributed by atoms with Crippen LogP contribution in [0.5, 0.6) is 0 Å². The molecule has 1 nitrogen and oxygen atoms in total. The van der Waals surface area contributed by atoms with Crippen LogP contribution in [0.1, 0.15) is 70.3 Å². The van der Waals surface area contributed by atoms with Gasteiger partial charge in [0, 0.05) is 0 Å². The van der Waals surface area contributed by atoms with Crippen molar-refractivity contribution in [3.05, 3.63) is 48.0 Å². The van der Waals surface area contributed by atoms with Crippen molar-refractivity contribution in [1.29, 1.82) is 0 Å². The van der Waals surface area contributed by atoms with Gasteiger partial charge in [-0.15, -0.1) is 0 Å². The molecule has 0 saturated heterocycles. The van der Waals surface area contributed by atoms with Crippen LogP contribution in [-0.2, 0) is 10.2 Å². The predicted octanol–water partition coefficient (Wildman–Crippen LogP) is 7.34. The zero-order valence-electron chi connectivity index (χ0n) is 15.9. The summed E-state index contributed by atoms with van der Waals surface area (Å²) in [6.07, 6.45) is 12.8. The van der Waals surface area contributed by atoms with Gasteiger partial charge in [-0.3, -0.25) is 0 Å². The maximum absolute atomic E-state index is 12.3. The summed E-state index contributed by atoms with van der Waals surface area (Å²) in [5.74, 6) is 0. The molecule has 0 aliphatic carbocycles. The van der Waals surface area contributed by atoms with Crippen LogP contribution in [0.15, 0.2) is 42.5 Å². The van der Waals surface area contributed by atoms with Crippen LogP contribution < -0.4 is 0 Å². The molecule has 0 aliphatic rings. The first-order chi connectivity index (χ1) is 12.3. The molecule has 0 aromatic heterocycles. The molecule has 0 N–H and O–H groups in total. The summed E-state index contributed by atoms with van der Waals surface area (Å²) in [4.78, 5) is 0. The van der Waals surface area contributed by atoms with Crippen molar-refractivity contribution in [1.82, 2.24) is 0 Å². The summed E-state index contributed by atoms with van der Waals surface area (Å²) < 4.78 is 12.3. The summed E-state index contributed by atoms with van der Waals surface area (Å²) in [5, 5.41) is 4.65. The first kappa shape index (κ1) is 20.4. The van der Waals surface area contributed by atoms with E-state index in [-0.39, 0.29) is 0 Å². The zero-order valence-corrected chi connectivity index (χ0v) is 17.8. The quantitative estimate of drug-likeness (QED) is 0.254. The molecular weight excluding hydrogens is 367 g/mol. The maximum atomic E-state index is 12.3. The summed E-state index contributed by atoms with van der Waals surface area (Å²) in [7, 11) is 0. The molecule has 2 heteroatoms. The Labute approximate surface area is 158 Å². The Hall–Kier alpha value is -0.942. The average molecular weight is 401 g/mol. The fourth-order valence-corrected chi connectivity index (χ4v) is 6.24. The van der Waals surface area contributed by atoms with Crippen LogP contribution in [0.25, 0.3) is 10.8 Å². The van der Waals surface area contributed by atoms with Gasteiger partial charge in [-0.2, -0.15) is 0 Å². The molecule has 0 aliphatic heterocycles. The first-order valence-electron chi connectivity index (χ1n) is 10.2. The number of fused-ring (bicyclic) bond motifs is 1. The zero-order chi connectivity index (χ0) is 17.7. The monoisotopic (exact) mass is 401 g/mol. The van der Waals surface area contributed by atoms with Crippen LogP contribution in [0.3, 0.4) is 0 Å². The van der Waals surface area contributed by atoms with Crippen LogP contribution in [0.4, 0.5) is 0 Å². The van der Waals surface area contributed by atoms with E-state index in [1.807, 2.05) is 0 Å². The molecule has 2 aromatic carbocycles. The standard InChI is InChI=1S/C23H34AsO/c1-2-3-4-5-6-7-8-11-19-24(25)20-13-17-22-16-12-15-21-14-9-10-18-23(21)22/h9-10,12,14-16,18H,2-8,11,13,17,19-20H2,1H3. The second-order valence-electron chi connectivity index (χ2n) is 7.15. The van der Waals surface area contributed by atoms with E-state index in [1.54, 1.807) is 0 Å². The molecule has 1 radical (unpaired) electrons. The van der Waals surface area contributed by atoms with E-state index < -0.39 is 14.6 Å². The van der Waals surface area contributed by atoms with E-state index in [4.69, 9.17) is 0 Å². The molecule has 1 atom stereocenters. The van der Waals surface area contributed by atoms with Crippen LogP contribution in [-0.4, -0.2) is 14.6 Å². The molecule has 0 spiro atoms. The van der Waals surface area contributed by atoms with Crippen molar-refractivity contribution in [2.24, 2.45) is 0 Å². The topological polar surface area (TPSA) is 17.1 Å². The molecule has 137 valence electrons. The Morgan fingerprint density at radius 2 is 1.36 bits per heavy atom. The van der Waals surface area contributed by atoms with Crippen LogP contribution >= 0.6 is 0 Å². The van der Waals surface area contributed by atoms with E-state index in [9.17, 15) is 3.74 Å². The minimum absolute atomic E-state index is 0.965. The second-order valence-corrected chi connectivity index (χ2v) is 11.0. The number of benzene rings is 2. The van der Waals surface area contributed by atoms with Crippen molar-refractivity contribution >= 4 is 25.4 Å². The van der Waals surface area contributed by atoms with E-state index in [1.165, 1.54) is 67.7 Å². The van der Waals surface area contributed by atoms with E-state index in [2.05, 4.69) is 49.4 Å². The number of hydrogen-bond donors (Lipinski definition) is 0. The molecular formula is C23H34AsO. The van der Waals surface area contributed by atoms with Gasteiger partial charge in [-0.25, -0.2) is 0 Å². The van der Waals surface area contributed by atoms with E-state index in [0.717, 1.165) is 23.3 Å². The van der Waals surface area contributed by atoms with Gasteiger partial charge in [0.1, 0.15) is 0 Å². The third-order valence-corrected chi connectivity index (χ3v) is 8.41. The van der Waals surface area contributed by atoms with Gasteiger partial charge in [-0.1, -0.05) is 0 Å². The van der Waals surface area contributed by atoms with Gasteiger partial charge >= 0.3 is 159 Å². The Balaban J connectivity index is 1.58. The van der Waals surface area contributed by atoms with Crippen molar-refractivity contribution in [2.75, 3.05) is 0 Å². The van der Waals surface area contributed by atoms with Crippen molar-refractivity contribution < 1.29 is 3.74 Å². The van der Waals surface area contributed by atoms with Gasteiger partial charge in [0.05, 0.1) is 0 Å². The Kier molecular flexibility index (Phi) is 10.1. The SMILES string of the molecule is CCCCCCCCCC[As](=O)CCCc1cccc2ccccc12. The molecule has 0 fully saturated rings. The molecule has 0 bridgehead atoms. The number of rotatable bonds is 13. The minimum atomic E-state index is -1.79. The van der Waals surface area contributed by atoms with Crippen LogP contribution in [0.2, 0.25) is 10.4 Å². The van der Waals surface area contributed by atoms with Gasteiger partial charge in [-0.05, 0) is 0 Å². The van der Waals surface area contributed by atoms with Gasteiger partial charge in [0.15, 0.2) is 0 Å². The molecule has 0 saturated carbocycles. The number of unbranched alkanes of at least 4 members (excludes halogenated alkanes) is 7. The Morgan fingerprint density at radius 1 is 0.720 bits per heavy atom. The summed E-state index contributed by atoms with van der Waals surface area (Å²) in [5.41, 5.74) is 1.41. The molecule has 25 heavy (non-hydrogen) atoms. The fraction of sp³-hybridized carbons (Fsp3) is 0.565. The molecule has 1 unspecified atom stereocenters. The van der Waals surface area contributed by atoms with E-state index >= 15 is 0 Å². The number of hydrogen-bond acceptors (Lipinski definition) is 1. The molecule has 2 aromatic rings. The van der Waals surface area contributed by atoms with E-state index in [0.29, 0.717) is 0 Å². The molecule has 2 rings (SSSR count). The number of aryl methyl sites for hydroxylation is 1. The van der Waals surface area contributed by atoms with Gasteiger partial charge < -0.3 is 0 Å². The molecule has 0 amide bonds. The first-order valence-corrected chi connectivity index (χ1v) is 13.6. The summed E-state index contributed by atoms with van der Waals surface area (Å²) in [6.45, 7) is 2.26. The molecule has 0 heterocycles. The van der Waals surface area contributed by atoms with Gasteiger partial charge in [0.25, 0.3) is 0 Å². The second kappa shape index (κ2) is 12.4. The third kappa shape index (κ3) is 7.86. The Bertz CT molecular complexity index is 630. The summed E-state index contributed by atoms with van der Waals surface area (Å²) >= 11 is -1.79. The average Bonchev–Trinajstić information content (AvgIpc) is 2.64. The normalized spacial score (nSPS) is 11.8. The van der Waals surface area contributed by atoms with Crippen molar-refractivity contribution in [3.63, 3.8) is 0 Å². The fourth-order valence-electron chi connectivity index (χ4n) is 3.49. The predicted molar refractivity (Wildman–Crippen MR) is 111 cm³/mol. The van der Waals surface area contributed by atoms with Crippen molar-refractivity contribution in [2.45, 2.75) is 81.5 Å². The third-order valence-electron chi connectivity index (χ3n) is 4.99.